The summed E-state index contributed by atoms with van der Waals surface area (Å²) in [5.41, 5.74) is 2.62. The molecular weight excluding hydrogens is 247 g/mol. The molecular formula is C11H16Cl2N2O. The first-order valence-corrected chi connectivity index (χ1v) is 5.19. The predicted molar refractivity (Wildman–Crippen MR) is 67.3 cm³/mol. The zero-order valence-electron chi connectivity index (χ0n) is 8.94. The van der Waals surface area contributed by atoms with Gasteiger partial charge in [0, 0.05) is 18.0 Å². The van der Waals surface area contributed by atoms with Crippen LogP contribution in [0, 0.1) is 0 Å². The third-order valence-electron chi connectivity index (χ3n) is 3.32. The summed E-state index contributed by atoms with van der Waals surface area (Å²) < 4.78 is 5.97. The van der Waals surface area contributed by atoms with Crippen LogP contribution in [0.5, 0.6) is 0 Å². The normalized spacial score (nSPS) is 20.8. The van der Waals surface area contributed by atoms with Crippen molar-refractivity contribution in [2.75, 3.05) is 13.1 Å². The van der Waals surface area contributed by atoms with E-state index < -0.39 is 0 Å². The number of halogens is 2. The van der Waals surface area contributed by atoms with Gasteiger partial charge in [-0.05, 0) is 37.6 Å². The zero-order chi connectivity index (χ0) is 9.43. The Balaban J connectivity index is 0.000000640. The Hall–Kier alpha value is -0.350. The maximum atomic E-state index is 5.97. The quantitative estimate of drug-likeness (QED) is 0.777. The molecule has 0 unspecified atom stereocenters. The van der Waals surface area contributed by atoms with E-state index in [9.17, 15) is 0 Å². The molecule has 0 aromatic carbocycles. The van der Waals surface area contributed by atoms with Crippen LogP contribution >= 0.6 is 24.8 Å². The highest BCUT2D eigenvalue weighted by Crippen LogP contribution is 2.42. The van der Waals surface area contributed by atoms with Gasteiger partial charge in [0.1, 0.15) is 0 Å². The summed E-state index contributed by atoms with van der Waals surface area (Å²) in [4.78, 5) is 4.21. The summed E-state index contributed by atoms with van der Waals surface area (Å²) >= 11 is 0. The number of aromatic nitrogens is 1. The second-order valence-electron chi connectivity index (χ2n) is 4.07. The minimum atomic E-state index is -0.0190. The molecule has 1 aromatic rings. The van der Waals surface area contributed by atoms with Crippen molar-refractivity contribution in [3.05, 3.63) is 29.6 Å². The third kappa shape index (κ3) is 2.05. The Bertz CT molecular complexity index is 348. The van der Waals surface area contributed by atoms with Crippen LogP contribution in [0.3, 0.4) is 0 Å². The van der Waals surface area contributed by atoms with Gasteiger partial charge in [0.25, 0.3) is 0 Å². The molecule has 16 heavy (non-hydrogen) atoms. The molecule has 0 radical (unpaired) electrons. The molecule has 2 aliphatic heterocycles. The van der Waals surface area contributed by atoms with Crippen molar-refractivity contribution in [3.8, 4) is 0 Å². The third-order valence-corrected chi connectivity index (χ3v) is 3.32. The minimum absolute atomic E-state index is 0. The molecule has 3 nitrogen and oxygen atoms in total. The van der Waals surface area contributed by atoms with Crippen molar-refractivity contribution in [3.63, 3.8) is 0 Å². The largest absolute Gasteiger partial charge is 0.365 e. The van der Waals surface area contributed by atoms with E-state index in [1.807, 2.05) is 12.4 Å². The fourth-order valence-corrected chi connectivity index (χ4v) is 2.50. The molecule has 0 aliphatic carbocycles. The molecule has 1 fully saturated rings. The lowest BCUT2D eigenvalue weighted by molar-refractivity contribution is -0.0591. The topological polar surface area (TPSA) is 34.2 Å². The van der Waals surface area contributed by atoms with Crippen LogP contribution in [-0.2, 0) is 16.9 Å². The highest BCUT2D eigenvalue weighted by molar-refractivity contribution is 5.85. The van der Waals surface area contributed by atoms with Gasteiger partial charge in [-0.15, -0.1) is 24.8 Å². The fraction of sp³-hybridized carbons (Fsp3) is 0.545. The van der Waals surface area contributed by atoms with Crippen molar-refractivity contribution in [1.29, 1.82) is 0 Å². The van der Waals surface area contributed by atoms with E-state index in [0.717, 1.165) is 32.5 Å². The lowest BCUT2D eigenvalue weighted by atomic mass is 9.85. The van der Waals surface area contributed by atoms with Gasteiger partial charge >= 0.3 is 0 Å². The highest BCUT2D eigenvalue weighted by atomic mass is 35.5. The lowest BCUT2D eigenvalue weighted by Crippen LogP contribution is -2.39. The summed E-state index contributed by atoms with van der Waals surface area (Å²) in [6, 6.07) is 2.08. The van der Waals surface area contributed by atoms with Gasteiger partial charge in [0.05, 0.1) is 12.2 Å². The van der Waals surface area contributed by atoms with Crippen LogP contribution in [0.15, 0.2) is 18.5 Å². The molecule has 1 spiro atoms. The Morgan fingerprint density at radius 3 is 2.75 bits per heavy atom. The van der Waals surface area contributed by atoms with Crippen molar-refractivity contribution in [2.24, 2.45) is 0 Å². The number of hydrogen-bond donors (Lipinski definition) is 1. The fourth-order valence-electron chi connectivity index (χ4n) is 2.50. The smallest absolute Gasteiger partial charge is 0.0978 e. The van der Waals surface area contributed by atoms with Crippen LogP contribution in [0.25, 0.3) is 0 Å². The summed E-state index contributed by atoms with van der Waals surface area (Å²) in [5.74, 6) is 0. The van der Waals surface area contributed by atoms with Gasteiger partial charge < -0.3 is 10.1 Å². The molecule has 0 bridgehead atoms. The van der Waals surface area contributed by atoms with Crippen LogP contribution in [0.1, 0.15) is 24.0 Å². The highest BCUT2D eigenvalue weighted by Gasteiger charge is 2.40. The van der Waals surface area contributed by atoms with E-state index in [1.54, 1.807) is 0 Å². The van der Waals surface area contributed by atoms with E-state index >= 15 is 0 Å². The maximum Gasteiger partial charge on any atom is 0.0978 e. The number of ether oxygens (including phenoxy) is 1. The van der Waals surface area contributed by atoms with Crippen LogP contribution < -0.4 is 5.32 Å². The number of hydrogen-bond acceptors (Lipinski definition) is 3. The van der Waals surface area contributed by atoms with Crippen LogP contribution in [0.2, 0.25) is 0 Å². The minimum Gasteiger partial charge on any atom is -0.365 e. The van der Waals surface area contributed by atoms with E-state index in [1.165, 1.54) is 11.1 Å². The van der Waals surface area contributed by atoms with Crippen LogP contribution in [-0.4, -0.2) is 18.1 Å². The van der Waals surface area contributed by atoms with Crippen molar-refractivity contribution < 1.29 is 4.74 Å². The Morgan fingerprint density at radius 1 is 1.25 bits per heavy atom. The first-order valence-electron chi connectivity index (χ1n) is 5.19. The van der Waals surface area contributed by atoms with Crippen molar-refractivity contribution >= 4 is 24.8 Å². The van der Waals surface area contributed by atoms with Gasteiger partial charge in [0.15, 0.2) is 0 Å². The van der Waals surface area contributed by atoms with E-state index in [2.05, 4.69) is 16.4 Å². The van der Waals surface area contributed by atoms with Gasteiger partial charge in [-0.1, -0.05) is 0 Å². The van der Waals surface area contributed by atoms with E-state index in [4.69, 9.17) is 4.74 Å². The molecule has 1 aromatic heterocycles. The number of pyridine rings is 1. The number of fused-ring (bicyclic) bond motifs is 2. The number of nitrogens with one attached hydrogen (secondary N) is 1. The number of rotatable bonds is 0. The second-order valence-corrected chi connectivity index (χ2v) is 4.07. The van der Waals surface area contributed by atoms with E-state index in [-0.39, 0.29) is 30.4 Å². The summed E-state index contributed by atoms with van der Waals surface area (Å²) in [6.45, 7) is 2.86. The zero-order valence-corrected chi connectivity index (χ0v) is 10.6. The first kappa shape index (κ1) is 13.7. The average molecular weight is 263 g/mol. The second kappa shape index (κ2) is 5.32. The Kier molecular flexibility index (Phi) is 4.56. The Labute approximate surface area is 108 Å². The molecule has 3 rings (SSSR count). The molecule has 0 atom stereocenters. The van der Waals surface area contributed by atoms with E-state index in [0.29, 0.717) is 0 Å². The number of piperidine rings is 1. The van der Waals surface area contributed by atoms with Gasteiger partial charge in [-0.3, -0.25) is 4.98 Å². The molecule has 1 N–H and O–H groups in total. The molecule has 0 saturated carbocycles. The van der Waals surface area contributed by atoms with Crippen LogP contribution in [0.4, 0.5) is 0 Å². The number of nitrogens with zero attached hydrogens (tertiary/aromatic N) is 1. The maximum absolute atomic E-state index is 5.97. The van der Waals surface area contributed by atoms with Gasteiger partial charge in [0.2, 0.25) is 0 Å². The summed E-state index contributed by atoms with van der Waals surface area (Å²) in [6.07, 6.45) is 5.98. The SMILES string of the molecule is Cl.Cl.c1cc2c(cn1)C1(CCNCC1)OC2. The van der Waals surface area contributed by atoms with Gasteiger partial charge in [-0.25, -0.2) is 0 Å². The summed E-state index contributed by atoms with van der Waals surface area (Å²) in [5, 5.41) is 3.37. The lowest BCUT2D eigenvalue weighted by Gasteiger charge is -2.33. The molecule has 3 heterocycles. The molecule has 0 amide bonds. The van der Waals surface area contributed by atoms with Crippen molar-refractivity contribution in [1.82, 2.24) is 10.3 Å². The summed E-state index contributed by atoms with van der Waals surface area (Å²) in [7, 11) is 0. The molecule has 5 heteroatoms. The van der Waals surface area contributed by atoms with Gasteiger partial charge in [-0.2, -0.15) is 0 Å². The first-order chi connectivity index (χ1) is 6.91. The Morgan fingerprint density at radius 2 is 2.00 bits per heavy atom. The monoisotopic (exact) mass is 262 g/mol. The molecule has 2 aliphatic rings. The molecule has 1 saturated heterocycles. The van der Waals surface area contributed by atoms with Crippen molar-refractivity contribution in [2.45, 2.75) is 25.0 Å². The average Bonchev–Trinajstić information content (AvgIpc) is 2.60. The standard InChI is InChI=1S/C11H14N2O.2ClH/c1-4-13-7-10-9(1)8-14-11(10)2-5-12-6-3-11;;/h1,4,7,12H,2-3,5-6,8H2;2*1H. The molecule has 90 valence electrons. The predicted octanol–water partition coefficient (Wildman–Crippen LogP) is 2.03.